The highest BCUT2D eigenvalue weighted by Crippen LogP contribution is 2.35. The molecule has 376 valence electrons. The average molecular weight is 1070 g/mol. The number of ether oxygens (including phenoxy) is 2. The molecule has 0 aromatic heterocycles. The molecule has 2 unspecified atom stereocenters. The number of piperidine rings is 2. The summed E-state index contributed by atoms with van der Waals surface area (Å²) in [5.74, 6) is 4.77. The van der Waals surface area contributed by atoms with Gasteiger partial charge in [0.2, 0.25) is 23.6 Å². The van der Waals surface area contributed by atoms with Crippen molar-refractivity contribution in [3.05, 3.63) is 129 Å². The molecule has 0 radical (unpaired) electrons. The number of imide groups is 2. The van der Waals surface area contributed by atoms with Gasteiger partial charge in [-0.15, -0.1) is 0 Å². The molecule has 4 fully saturated rings. The van der Waals surface area contributed by atoms with Gasteiger partial charge in [0.05, 0.1) is 19.2 Å². The van der Waals surface area contributed by atoms with Gasteiger partial charge in [0.15, 0.2) is 0 Å². The number of fused-ring (bicyclic) bond motifs is 2. The van der Waals surface area contributed by atoms with Crippen LogP contribution in [0.5, 0.6) is 11.5 Å². The highest BCUT2D eigenvalue weighted by molar-refractivity contribution is 9.08. The lowest BCUT2D eigenvalue weighted by Crippen LogP contribution is -2.52. The third-order valence-corrected chi connectivity index (χ3v) is 15.4. The van der Waals surface area contributed by atoms with Crippen molar-refractivity contribution < 1.29 is 38.2 Å². The summed E-state index contributed by atoms with van der Waals surface area (Å²) >= 11 is 7.54. The monoisotopic (exact) mass is 1070 g/mol. The largest absolute Gasteiger partial charge is 0.489 e. The minimum Gasteiger partial charge on any atom is -0.489 e. The number of hydrogen-bond donors (Lipinski definition) is 2. The van der Waals surface area contributed by atoms with E-state index in [1.165, 1.54) is 65.2 Å². The molecule has 6 amide bonds. The van der Waals surface area contributed by atoms with Crippen LogP contribution in [0, 0.1) is 11.3 Å². The highest BCUT2D eigenvalue weighted by atomic mass is 79.9. The van der Waals surface area contributed by atoms with E-state index in [0.29, 0.717) is 61.8 Å². The summed E-state index contributed by atoms with van der Waals surface area (Å²) in [5.41, 5.74) is 7.29. The van der Waals surface area contributed by atoms with Gasteiger partial charge in [0.1, 0.15) is 36.8 Å². The zero-order chi connectivity index (χ0) is 49.4. The molecule has 71 heavy (non-hydrogen) atoms. The highest BCUT2D eigenvalue weighted by Gasteiger charge is 2.41. The van der Waals surface area contributed by atoms with Crippen molar-refractivity contribution in [1.82, 2.24) is 25.3 Å². The Labute approximate surface area is 434 Å². The molecule has 2 N–H and O–H groups in total. The van der Waals surface area contributed by atoms with E-state index >= 15 is 0 Å². The van der Waals surface area contributed by atoms with Gasteiger partial charge >= 0.3 is 0 Å². The molecule has 6 aliphatic rings. The molecule has 4 aromatic rings. The second-order valence-corrected chi connectivity index (χ2v) is 20.5. The van der Waals surface area contributed by atoms with Gasteiger partial charge in [-0.3, -0.25) is 44.3 Å². The fraction of sp³-hybridized carbons (Fsp3) is 0.426. The van der Waals surface area contributed by atoms with Crippen molar-refractivity contribution in [2.24, 2.45) is 0 Å². The Balaban J connectivity index is 0.000000197. The Bertz CT molecular complexity index is 2530. The van der Waals surface area contributed by atoms with E-state index < -0.39 is 23.9 Å². The molecule has 14 nitrogen and oxygen atoms in total. The van der Waals surface area contributed by atoms with Gasteiger partial charge in [-0.05, 0) is 83.7 Å². The molecule has 0 spiro atoms. The van der Waals surface area contributed by atoms with Crippen molar-refractivity contribution in [3.63, 3.8) is 0 Å². The number of carbonyl (C=O) groups is 6. The standard InChI is InChI=1S/C25H27N3O4S.C21H19BrN2O4.C5H10S.C2H3N.CH4/c29-23-9-8-21(24(30)26-23)28-15-20-19(25(28)31)2-1-3-22(20)32-16-18-6-4-17(5-7-18)14-27-10-12-33-13-11-27;22-10-13-4-6-14(7-5-13)12-28-18-3-1-2-15-16(18)11-24(21(15)27)17-8-9-19(25)23-20(17)26;1-2-4-6-5-3-1;1-2-3;/h1-7,21H,8-16H2,(H,26,29,30);1-7,17H,8-12H2,(H,23,25,26);1-5H2;1H3;1H4. The van der Waals surface area contributed by atoms with Crippen LogP contribution >= 0.6 is 39.5 Å². The summed E-state index contributed by atoms with van der Waals surface area (Å²) in [4.78, 5) is 78.7. The third kappa shape index (κ3) is 14.7. The molecule has 0 saturated carbocycles. The van der Waals surface area contributed by atoms with Crippen LogP contribution in [0.25, 0.3) is 0 Å². The van der Waals surface area contributed by atoms with E-state index in [2.05, 4.69) is 67.5 Å². The van der Waals surface area contributed by atoms with Crippen LogP contribution in [0.2, 0.25) is 0 Å². The second-order valence-electron chi connectivity index (χ2n) is 17.5. The third-order valence-electron chi connectivity index (χ3n) is 12.7. The zero-order valence-electron chi connectivity index (χ0n) is 39.4. The number of carbonyl (C=O) groups excluding carboxylic acids is 6. The normalized spacial score (nSPS) is 19.4. The first-order valence-corrected chi connectivity index (χ1v) is 27.2. The number of nitrogens with zero attached hydrogens (tertiary/aromatic N) is 4. The lowest BCUT2D eigenvalue weighted by Gasteiger charge is -2.29. The topological polar surface area (TPSA) is 178 Å². The van der Waals surface area contributed by atoms with Crippen LogP contribution in [-0.2, 0) is 57.4 Å². The number of hydrogen-bond acceptors (Lipinski definition) is 12. The molecule has 6 heterocycles. The Morgan fingerprint density at radius 2 is 1.04 bits per heavy atom. The summed E-state index contributed by atoms with van der Waals surface area (Å²) in [5, 5.41) is 12.8. The van der Waals surface area contributed by atoms with E-state index in [1.807, 2.05) is 48.2 Å². The van der Waals surface area contributed by atoms with Crippen molar-refractivity contribution in [2.75, 3.05) is 36.1 Å². The van der Waals surface area contributed by atoms with Gasteiger partial charge in [-0.25, -0.2) is 0 Å². The number of benzene rings is 4. The molecule has 2 atom stereocenters. The predicted octanol–water partition coefficient (Wildman–Crippen LogP) is 8.57. The summed E-state index contributed by atoms with van der Waals surface area (Å²) in [6, 6.07) is 27.9. The van der Waals surface area contributed by atoms with Crippen molar-refractivity contribution in [1.29, 1.82) is 5.26 Å². The first-order chi connectivity index (χ1) is 34.1. The number of amides is 6. The van der Waals surface area contributed by atoms with Crippen molar-refractivity contribution in [3.8, 4) is 17.6 Å². The zero-order valence-corrected chi connectivity index (χ0v) is 42.6. The lowest BCUT2D eigenvalue weighted by molar-refractivity contribution is -0.138. The Hall–Kier alpha value is -5.67. The van der Waals surface area contributed by atoms with Crippen LogP contribution in [0.1, 0.15) is 113 Å². The number of rotatable bonds is 11. The lowest BCUT2D eigenvalue weighted by atomic mass is 10.0. The molecular formula is C54H63BrN6O8S2. The Morgan fingerprint density at radius 3 is 1.44 bits per heavy atom. The number of thioether (sulfide) groups is 2. The number of nitriles is 1. The maximum Gasteiger partial charge on any atom is 0.255 e. The van der Waals surface area contributed by atoms with E-state index in [-0.39, 0.29) is 43.9 Å². The van der Waals surface area contributed by atoms with Crippen LogP contribution in [-0.4, -0.2) is 98.3 Å². The van der Waals surface area contributed by atoms with Crippen molar-refractivity contribution in [2.45, 2.75) is 110 Å². The first kappa shape index (κ1) is 54.7. The fourth-order valence-electron chi connectivity index (χ4n) is 8.88. The number of halogens is 1. The fourth-order valence-corrected chi connectivity index (χ4v) is 11.3. The smallest absolute Gasteiger partial charge is 0.255 e. The average Bonchev–Trinajstić information content (AvgIpc) is 3.90. The van der Waals surface area contributed by atoms with E-state index in [0.717, 1.165) is 47.2 Å². The number of nitrogens with one attached hydrogen (secondary N) is 2. The van der Waals surface area contributed by atoms with E-state index in [9.17, 15) is 28.8 Å². The minimum atomic E-state index is -0.624. The summed E-state index contributed by atoms with van der Waals surface area (Å²) in [7, 11) is 0. The van der Waals surface area contributed by atoms with Gasteiger partial charge in [0.25, 0.3) is 11.8 Å². The van der Waals surface area contributed by atoms with Crippen molar-refractivity contribution >= 4 is 74.9 Å². The SMILES string of the molecule is C.C1CCSCC1.CC#N.O=C1CCC(N2Cc3c(OCc4ccc(CBr)cc4)cccc3C2=O)C(=O)N1.O=C1CCC(N2Cc3c(OCc4ccc(CN5CCSCC5)cc4)cccc3C2=O)C(=O)N1. The molecule has 4 saturated heterocycles. The first-order valence-electron chi connectivity index (χ1n) is 23.8. The summed E-state index contributed by atoms with van der Waals surface area (Å²) in [6.07, 6.45) is 5.59. The van der Waals surface area contributed by atoms with E-state index in [1.54, 1.807) is 35.2 Å². The quantitative estimate of drug-likeness (QED) is 0.108. The predicted molar refractivity (Wildman–Crippen MR) is 281 cm³/mol. The summed E-state index contributed by atoms with van der Waals surface area (Å²) in [6.45, 7) is 6.11. The Morgan fingerprint density at radius 1 is 0.620 bits per heavy atom. The Kier molecular flexibility index (Phi) is 21.0. The molecule has 6 aliphatic heterocycles. The maximum atomic E-state index is 13.0. The van der Waals surface area contributed by atoms with Crippen LogP contribution in [0.15, 0.2) is 84.9 Å². The molecule has 0 aliphatic carbocycles. The van der Waals surface area contributed by atoms with Gasteiger partial charge < -0.3 is 19.3 Å². The maximum absolute atomic E-state index is 13.0. The van der Waals surface area contributed by atoms with Gasteiger partial charge in [-0.2, -0.15) is 28.8 Å². The van der Waals surface area contributed by atoms with E-state index in [4.69, 9.17) is 14.7 Å². The molecule has 0 bridgehead atoms. The molecule has 4 aromatic carbocycles. The van der Waals surface area contributed by atoms with Gasteiger partial charge in [-0.1, -0.05) is 90.4 Å². The summed E-state index contributed by atoms with van der Waals surface area (Å²) < 4.78 is 12.1. The number of alkyl halides is 1. The minimum absolute atomic E-state index is 0. The molecule has 10 rings (SSSR count). The molecular weight excluding hydrogens is 1000 g/mol. The second kappa shape index (κ2) is 27.2. The molecule has 17 heteroatoms. The van der Waals surface area contributed by atoms with Gasteiger partial charge in [0, 0.05) is 78.5 Å². The van der Waals surface area contributed by atoms with Crippen LogP contribution in [0.3, 0.4) is 0 Å². The van der Waals surface area contributed by atoms with Crippen LogP contribution in [0.4, 0.5) is 0 Å². The van der Waals surface area contributed by atoms with Crippen LogP contribution < -0.4 is 20.1 Å².